The maximum absolute atomic E-state index is 12.5. The second kappa shape index (κ2) is 8.29. The van der Waals surface area contributed by atoms with Crippen molar-refractivity contribution in [1.29, 1.82) is 0 Å². The zero-order valence-corrected chi connectivity index (χ0v) is 16.0. The fourth-order valence-electron chi connectivity index (χ4n) is 3.28. The first-order valence-electron chi connectivity index (χ1n) is 9.48. The third-order valence-electron chi connectivity index (χ3n) is 5.25. The van der Waals surface area contributed by atoms with E-state index in [1.165, 1.54) is 11.1 Å². The summed E-state index contributed by atoms with van der Waals surface area (Å²) < 4.78 is 0. The Bertz CT molecular complexity index is 751. The Balaban J connectivity index is 1.62. The van der Waals surface area contributed by atoms with Crippen LogP contribution in [0.15, 0.2) is 42.5 Å². The van der Waals surface area contributed by atoms with E-state index in [0.717, 1.165) is 31.2 Å². The maximum atomic E-state index is 12.5. The molecule has 0 saturated carbocycles. The number of anilines is 2. The van der Waals surface area contributed by atoms with E-state index in [9.17, 15) is 9.59 Å². The van der Waals surface area contributed by atoms with Gasteiger partial charge in [0, 0.05) is 37.6 Å². The van der Waals surface area contributed by atoms with Crippen LogP contribution in [0, 0.1) is 6.92 Å². The topological polar surface area (TPSA) is 64.7 Å². The van der Waals surface area contributed by atoms with Crippen molar-refractivity contribution >= 4 is 23.4 Å². The van der Waals surface area contributed by atoms with Gasteiger partial charge in [-0.2, -0.15) is 0 Å². The summed E-state index contributed by atoms with van der Waals surface area (Å²) in [6.45, 7) is 12.7. The van der Waals surface area contributed by atoms with E-state index in [1.807, 2.05) is 25.1 Å². The van der Waals surface area contributed by atoms with Crippen molar-refractivity contribution in [2.45, 2.75) is 32.6 Å². The number of carbonyl (C=O) groups is 2. The third-order valence-corrected chi connectivity index (χ3v) is 5.25. The first-order valence-corrected chi connectivity index (χ1v) is 9.48. The molecule has 2 fully saturated rings. The Morgan fingerprint density at radius 2 is 1.33 bits per heavy atom. The van der Waals surface area contributed by atoms with Gasteiger partial charge in [0.05, 0.1) is 0 Å². The Morgan fingerprint density at radius 1 is 0.852 bits per heavy atom. The van der Waals surface area contributed by atoms with Crippen molar-refractivity contribution in [2.75, 3.05) is 36.8 Å². The third kappa shape index (κ3) is 4.90. The first-order chi connectivity index (χ1) is 12.9. The quantitative estimate of drug-likeness (QED) is 0.762. The molecular weight excluding hydrogens is 340 g/mol. The summed E-state index contributed by atoms with van der Waals surface area (Å²) in [7, 11) is 0. The number of piperidine rings is 2. The van der Waals surface area contributed by atoms with Crippen molar-refractivity contribution in [3.63, 3.8) is 0 Å². The molecular formula is C21H28N4O2. The molecule has 0 radical (unpaired) electrons. The lowest BCUT2D eigenvalue weighted by atomic mass is 10.1. The Labute approximate surface area is 160 Å². The van der Waals surface area contributed by atoms with E-state index in [1.54, 1.807) is 9.80 Å². The van der Waals surface area contributed by atoms with Gasteiger partial charge in [-0.3, -0.25) is 0 Å². The minimum atomic E-state index is -0.113. The smallest absolute Gasteiger partial charge is 0.321 e. The molecule has 1 aromatic rings. The van der Waals surface area contributed by atoms with Crippen molar-refractivity contribution < 1.29 is 9.59 Å². The number of urea groups is 2. The molecule has 2 aliphatic rings. The predicted octanol–water partition coefficient (Wildman–Crippen LogP) is 4.36. The molecule has 0 aromatic heterocycles. The molecule has 0 bridgehead atoms. The molecule has 3 rings (SSSR count). The predicted molar refractivity (Wildman–Crippen MR) is 109 cm³/mol. The summed E-state index contributed by atoms with van der Waals surface area (Å²) in [6, 6.07) is 5.36. The number of rotatable bonds is 2. The minimum absolute atomic E-state index is 0.108. The van der Waals surface area contributed by atoms with E-state index in [4.69, 9.17) is 0 Å². The number of hydrogen-bond donors (Lipinski definition) is 2. The van der Waals surface area contributed by atoms with Crippen molar-refractivity contribution in [3.05, 3.63) is 48.1 Å². The van der Waals surface area contributed by atoms with Gasteiger partial charge in [0.1, 0.15) is 0 Å². The molecule has 27 heavy (non-hydrogen) atoms. The standard InChI is InChI=1S/C21H28N4O2/c1-15-6-10-24(11-7-15)20(26)22-18-5-4-17(3)19(14-18)23-21(27)25-12-8-16(2)9-13-25/h4-5,14H,1-2,6-13H2,3H3,(H,22,26)(H,23,27). The van der Waals surface area contributed by atoms with Gasteiger partial charge >= 0.3 is 12.1 Å². The van der Waals surface area contributed by atoms with Gasteiger partial charge < -0.3 is 20.4 Å². The molecule has 0 spiro atoms. The number of hydrogen-bond acceptors (Lipinski definition) is 2. The summed E-state index contributed by atoms with van der Waals surface area (Å²) in [5.41, 5.74) is 4.74. The number of carbonyl (C=O) groups excluding carboxylic acids is 2. The molecule has 0 aliphatic carbocycles. The SMILES string of the molecule is C=C1CCN(C(=O)Nc2ccc(C)c(NC(=O)N3CCC(=C)CC3)c2)CC1. The van der Waals surface area contributed by atoms with E-state index in [-0.39, 0.29) is 12.1 Å². The van der Waals surface area contributed by atoms with Gasteiger partial charge in [-0.15, -0.1) is 0 Å². The first kappa shape index (κ1) is 19.0. The number of amides is 4. The van der Waals surface area contributed by atoms with Gasteiger partial charge in [0.2, 0.25) is 0 Å². The molecule has 2 aliphatic heterocycles. The highest BCUT2D eigenvalue weighted by Gasteiger charge is 2.20. The highest BCUT2D eigenvalue weighted by molar-refractivity contribution is 5.93. The maximum Gasteiger partial charge on any atom is 0.321 e. The number of nitrogens with zero attached hydrogens (tertiary/aromatic N) is 2. The zero-order chi connectivity index (χ0) is 19.4. The largest absolute Gasteiger partial charge is 0.324 e. The molecule has 2 saturated heterocycles. The molecule has 1 aromatic carbocycles. The van der Waals surface area contributed by atoms with Gasteiger partial charge in [-0.25, -0.2) is 9.59 Å². The van der Waals surface area contributed by atoms with Gasteiger partial charge in [0.25, 0.3) is 0 Å². The van der Waals surface area contributed by atoms with Crippen LogP contribution in [-0.4, -0.2) is 48.0 Å². The van der Waals surface area contributed by atoms with E-state index < -0.39 is 0 Å². The van der Waals surface area contributed by atoms with Crippen LogP contribution in [-0.2, 0) is 0 Å². The number of nitrogens with one attached hydrogen (secondary N) is 2. The van der Waals surface area contributed by atoms with Crippen molar-refractivity contribution in [3.8, 4) is 0 Å². The number of benzene rings is 1. The molecule has 2 N–H and O–H groups in total. The molecule has 6 heteroatoms. The van der Waals surface area contributed by atoms with Crippen molar-refractivity contribution in [2.24, 2.45) is 0 Å². The Morgan fingerprint density at radius 3 is 1.85 bits per heavy atom. The van der Waals surface area contributed by atoms with Crippen LogP contribution in [0.1, 0.15) is 31.2 Å². The van der Waals surface area contributed by atoms with Crippen LogP contribution in [0.4, 0.5) is 21.0 Å². The minimum Gasteiger partial charge on any atom is -0.324 e. The summed E-state index contributed by atoms with van der Waals surface area (Å²) >= 11 is 0. The summed E-state index contributed by atoms with van der Waals surface area (Å²) in [5.74, 6) is 0. The molecule has 0 atom stereocenters. The highest BCUT2D eigenvalue weighted by Crippen LogP contribution is 2.23. The number of aryl methyl sites for hydroxylation is 1. The molecule has 6 nitrogen and oxygen atoms in total. The van der Waals surface area contributed by atoms with E-state index in [2.05, 4.69) is 23.8 Å². The van der Waals surface area contributed by atoms with Gasteiger partial charge in [0.15, 0.2) is 0 Å². The fraction of sp³-hybridized carbons (Fsp3) is 0.429. The summed E-state index contributed by atoms with van der Waals surface area (Å²) in [6.07, 6.45) is 3.41. The molecule has 4 amide bonds. The highest BCUT2D eigenvalue weighted by atomic mass is 16.2. The van der Waals surface area contributed by atoms with Crippen LogP contribution in [0.3, 0.4) is 0 Å². The molecule has 2 heterocycles. The van der Waals surface area contributed by atoms with E-state index in [0.29, 0.717) is 37.6 Å². The van der Waals surface area contributed by atoms with Crippen LogP contribution >= 0.6 is 0 Å². The summed E-state index contributed by atoms with van der Waals surface area (Å²) in [4.78, 5) is 28.6. The molecule has 144 valence electrons. The van der Waals surface area contributed by atoms with Gasteiger partial charge in [-0.05, 0) is 50.3 Å². The second-order valence-electron chi connectivity index (χ2n) is 7.36. The van der Waals surface area contributed by atoms with Crippen LogP contribution in [0.2, 0.25) is 0 Å². The normalized spacial score (nSPS) is 17.7. The lowest BCUT2D eigenvalue weighted by molar-refractivity contribution is 0.207. The summed E-state index contributed by atoms with van der Waals surface area (Å²) in [5, 5.41) is 5.91. The van der Waals surface area contributed by atoms with E-state index >= 15 is 0 Å². The van der Waals surface area contributed by atoms with Crippen LogP contribution in [0.25, 0.3) is 0 Å². The lowest BCUT2D eigenvalue weighted by Gasteiger charge is -2.29. The Kier molecular flexibility index (Phi) is 5.84. The lowest BCUT2D eigenvalue weighted by Crippen LogP contribution is -2.39. The average Bonchev–Trinajstić information content (AvgIpc) is 2.65. The average molecular weight is 368 g/mol. The fourth-order valence-corrected chi connectivity index (χ4v) is 3.28. The van der Waals surface area contributed by atoms with Crippen LogP contribution < -0.4 is 10.6 Å². The van der Waals surface area contributed by atoms with Gasteiger partial charge in [-0.1, -0.05) is 30.4 Å². The molecule has 0 unspecified atom stereocenters. The monoisotopic (exact) mass is 368 g/mol. The van der Waals surface area contributed by atoms with Crippen LogP contribution in [0.5, 0.6) is 0 Å². The zero-order valence-electron chi connectivity index (χ0n) is 16.0. The van der Waals surface area contributed by atoms with Crippen molar-refractivity contribution in [1.82, 2.24) is 9.80 Å². The number of likely N-dealkylation sites (tertiary alicyclic amines) is 2. The second-order valence-corrected chi connectivity index (χ2v) is 7.36. The Hall–Kier alpha value is -2.76.